The van der Waals surface area contributed by atoms with Crippen LogP contribution in [0.3, 0.4) is 0 Å². The van der Waals surface area contributed by atoms with E-state index in [1.54, 1.807) is 0 Å². The number of hydrogen-bond donors (Lipinski definition) is 0. The molecule has 26 heavy (non-hydrogen) atoms. The monoisotopic (exact) mass is 353 g/mol. The molecular formula is C23H31NO2. The molecule has 3 heteroatoms. The van der Waals surface area contributed by atoms with E-state index in [0.29, 0.717) is 13.2 Å². The zero-order chi connectivity index (χ0) is 18.0. The average Bonchev–Trinajstić information content (AvgIpc) is 2.68. The largest absolute Gasteiger partial charge is 0.491 e. The van der Waals surface area contributed by atoms with Crippen molar-refractivity contribution in [2.75, 3.05) is 39.5 Å². The molecule has 0 bridgehead atoms. The van der Waals surface area contributed by atoms with Gasteiger partial charge in [0.15, 0.2) is 0 Å². The number of hydrogen-bond acceptors (Lipinski definition) is 3. The molecule has 1 aliphatic heterocycles. The Morgan fingerprint density at radius 1 is 0.885 bits per heavy atom. The number of ether oxygens (including phenoxy) is 2. The van der Waals surface area contributed by atoms with Gasteiger partial charge in [0.05, 0.1) is 13.2 Å². The van der Waals surface area contributed by atoms with Crippen LogP contribution in [-0.2, 0) is 11.2 Å². The van der Waals surface area contributed by atoms with Gasteiger partial charge in [0.25, 0.3) is 0 Å². The molecule has 1 aliphatic rings. The number of piperidine rings is 1. The first-order chi connectivity index (χ1) is 12.8. The predicted molar refractivity (Wildman–Crippen MR) is 107 cm³/mol. The number of likely N-dealkylation sites (tertiary alicyclic amines) is 1. The Hall–Kier alpha value is -1.84. The lowest BCUT2D eigenvalue weighted by Gasteiger charge is -2.31. The van der Waals surface area contributed by atoms with Gasteiger partial charge in [-0.3, -0.25) is 0 Å². The number of nitrogens with zero attached hydrogens (tertiary/aromatic N) is 1. The lowest BCUT2D eigenvalue weighted by atomic mass is 9.90. The molecule has 3 nitrogen and oxygen atoms in total. The van der Waals surface area contributed by atoms with Crippen LogP contribution >= 0.6 is 0 Å². The molecule has 0 saturated carbocycles. The summed E-state index contributed by atoms with van der Waals surface area (Å²) in [7, 11) is 0. The molecule has 3 rings (SSSR count). The van der Waals surface area contributed by atoms with Crippen molar-refractivity contribution in [3.8, 4) is 5.75 Å². The van der Waals surface area contributed by atoms with E-state index < -0.39 is 0 Å². The van der Waals surface area contributed by atoms with Gasteiger partial charge in [-0.2, -0.15) is 0 Å². The minimum absolute atomic E-state index is 0.615. The molecule has 2 aromatic rings. The molecule has 0 unspecified atom stereocenters. The van der Waals surface area contributed by atoms with Crippen molar-refractivity contribution >= 4 is 0 Å². The molecule has 1 fully saturated rings. The van der Waals surface area contributed by atoms with Crippen LogP contribution in [0.2, 0.25) is 0 Å². The Balaban J connectivity index is 1.23. The first kappa shape index (κ1) is 18.9. The number of aryl methyl sites for hydroxylation is 1. The molecule has 0 spiro atoms. The molecule has 0 aliphatic carbocycles. The molecule has 0 amide bonds. The summed E-state index contributed by atoms with van der Waals surface area (Å²) in [6, 6.07) is 19.0. The fourth-order valence-corrected chi connectivity index (χ4v) is 3.59. The maximum atomic E-state index is 5.76. The Bertz CT molecular complexity index is 636. The molecule has 2 aromatic carbocycles. The van der Waals surface area contributed by atoms with E-state index in [0.717, 1.165) is 24.8 Å². The Labute approximate surface area is 157 Å². The lowest BCUT2D eigenvalue weighted by Crippen LogP contribution is -2.36. The van der Waals surface area contributed by atoms with E-state index >= 15 is 0 Å². The summed E-state index contributed by atoms with van der Waals surface area (Å²) in [6.07, 6.45) is 3.82. The lowest BCUT2D eigenvalue weighted by molar-refractivity contribution is 0.0697. The van der Waals surface area contributed by atoms with Crippen LogP contribution in [0, 0.1) is 12.8 Å². The van der Waals surface area contributed by atoms with Gasteiger partial charge in [-0.25, -0.2) is 0 Å². The second-order valence-electron chi connectivity index (χ2n) is 7.20. The molecule has 1 saturated heterocycles. The highest BCUT2D eigenvalue weighted by Crippen LogP contribution is 2.21. The van der Waals surface area contributed by atoms with Crippen LogP contribution < -0.4 is 4.74 Å². The fraction of sp³-hybridized carbons (Fsp3) is 0.478. The van der Waals surface area contributed by atoms with Crippen molar-refractivity contribution in [1.29, 1.82) is 0 Å². The molecule has 0 radical (unpaired) electrons. The third-order valence-corrected chi connectivity index (χ3v) is 5.21. The van der Waals surface area contributed by atoms with E-state index in [4.69, 9.17) is 9.47 Å². The van der Waals surface area contributed by atoms with E-state index in [1.807, 2.05) is 18.2 Å². The van der Waals surface area contributed by atoms with E-state index in [-0.39, 0.29) is 0 Å². The third kappa shape index (κ3) is 6.15. The SMILES string of the molecule is Cc1ccccc1OCCOCCN1CCC(Cc2ccccc2)CC1. The first-order valence-electron chi connectivity index (χ1n) is 9.84. The first-order valence-corrected chi connectivity index (χ1v) is 9.84. The van der Waals surface area contributed by atoms with Gasteiger partial charge in [0.1, 0.15) is 12.4 Å². The molecule has 140 valence electrons. The van der Waals surface area contributed by atoms with Crippen molar-refractivity contribution in [2.24, 2.45) is 5.92 Å². The Kier molecular flexibility index (Phi) is 7.53. The molecule has 0 aromatic heterocycles. The Morgan fingerprint density at radius 3 is 2.38 bits per heavy atom. The molecule has 0 N–H and O–H groups in total. The molecule has 1 heterocycles. The van der Waals surface area contributed by atoms with E-state index in [9.17, 15) is 0 Å². The van der Waals surface area contributed by atoms with Crippen molar-refractivity contribution in [2.45, 2.75) is 26.2 Å². The summed E-state index contributed by atoms with van der Waals surface area (Å²) in [5, 5.41) is 0. The maximum absolute atomic E-state index is 5.76. The summed E-state index contributed by atoms with van der Waals surface area (Å²) in [6.45, 7) is 7.55. The van der Waals surface area contributed by atoms with Crippen molar-refractivity contribution in [1.82, 2.24) is 4.90 Å². The summed E-state index contributed by atoms with van der Waals surface area (Å²) in [5.41, 5.74) is 2.65. The molecular weight excluding hydrogens is 322 g/mol. The highest BCUT2D eigenvalue weighted by molar-refractivity contribution is 5.31. The highest BCUT2D eigenvalue weighted by atomic mass is 16.5. The van der Waals surface area contributed by atoms with Crippen molar-refractivity contribution in [3.63, 3.8) is 0 Å². The van der Waals surface area contributed by atoms with Gasteiger partial charge < -0.3 is 14.4 Å². The smallest absolute Gasteiger partial charge is 0.122 e. The minimum atomic E-state index is 0.615. The predicted octanol–water partition coefficient (Wildman–Crippen LogP) is 4.35. The number of para-hydroxylation sites is 1. The standard InChI is InChI=1S/C23H31NO2/c1-20-7-5-6-10-23(20)26-18-17-25-16-15-24-13-11-22(12-14-24)19-21-8-3-2-4-9-21/h2-10,22H,11-19H2,1H3. The summed E-state index contributed by atoms with van der Waals surface area (Å²) in [4.78, 5) is 2.53. The molecule has 0 atom stereocenters. The van der Waals surface area contributed by atoms with Crippen LogP contribution in [0.5, 0.6) is 5.75 Å². The quantitative estimate of drug-likeness (QED) is 0.626. The van der Waals surface area contributed by atoms with Gasteiger partial charge in [-0.1, -0.05) is 48.5 Å². The van der Waals surface area contributed by atoms with Crippen LogP contribution in [-0.4, -0.2) is 44.4 Å². The number of rotatable bonds is 9. The topological polar surface area (TPSA) is 21.7 Å². The van der Waals surface area contributed by atoms with Crippen molar-refractivity contribution < 1.29 is 9.47 Å². The van der Waals surface area contributed by atoms with Gasteiger partial charge in [-0.05, 0) is 62.4 Å². The van der Waals surface area contributed by atoms with Gasteiger partial charge in [0, 0.05) is 6.54 Å². The third-order valence-electron chi connectivity index (χ3n) is 5.21. The van der Waals surface area contributed by atoms with Crippen LogP contribution in [0.25, 0.3) is 0 Å². The zero-order valence-corrected chi connectivity index (χ0v) is 15.9. The van der Waals surface area contributed by atoms with Gasteiger partial charge in [0.2, 0.25) is 0 Å². The van der Waals surface area contributed by atoms with E-state index in [1.165, 1.54) is 43.5 Å². The van der Waals surface area contributed by atoms with Gasteiger partial charge >= 0.3 is 0 Å². The average molecular weight is 354 g/mol. The van der Waals surface area contributed by atoms with E-state index in [2.05, 4.69) is 48.2 Å². The van der Waals surface area contributed by atoms with Crippen molar-refractivity contribution in [3.05, 3.63) is 65.7 Å². The minimum Gasteiger partial charge on any atom is -0.491 e. The fourth-order valence-electron chi connectivity index (χ4n) is 3.59. The number of benzene rings is 2. The summed E-state index contributed by atoms with van der Waals surface area (Å²) < 4.78 is 11.5. The summed E-state index contributed by atoms with van der Waals surface area (Å²) in [5.74, 6) is 1.79. The second-order valence-corrected chi connectivity index (χ2v) is 7.20. The normalized spacial score (nSPS) is 15.9. The van der Waals surface area contributed by atoms with Crippen LogP contribution in [0.15, 0.2) is 54.6 Å². The zero-order valence-electron chi connectivity index (χ0n) is 15.9. The highest BCUT2D eigenvalue weighted by Gasteiger charge is 2.19. The van der Waals surface area contributed by atoms with Crippen LogP contribution in [0.4, 0.5) is 0 Å². The Morgan fingerprint density at radius 2 is 1.62 bits per heavy atom. The summed E-state index contributed by atoms with van der Waals surface area (Å²) >= 11 is 0. The second kappa shape index (κ2) is 10.3. The van der Waals surface area contributed by atoms with Gasteiger partial charge in [-0.15, -0.1) is 0 Å². The maximum Gasteiger partial charge on any atom is 0.122 e. The van der Waals surface area contributed by atoms with Crippen LogP contribution in [0.1, 0.15) is 24.0 Å².